The number of hydrogen-bond donors (Lipinski definition) is 1. The maximum Gasteiger partial charge on any atom is 0.233 e. The second-order valence-electron chi connectivity index (χ2n) is 7.42. The second-order valence-corrected chi connectivity index (χ2v) is 8.82. The van der Waals surface area contributed by atoms with Crippen LogP contribution in [-0.4, -0.2) is 28.7 Å². The topological polar surface area (TPSA) is 56.3 Å². The van der Waals surface area contributed by atoms with E-state index in [4.69, 9.17) is 32.7 Å². The Labute approximate surface area is 201 Å². The number of rotatable bonds is 10. The highest BCUT2D eigenvalue weighted by Crippen LogP contribution is 2.38. The van der Waals surface area contributed by atoms with Gasteiger partial charge in [-0.3, -0.25) is 4.72 Å². The van der Waals surface area contributed by atoms with E-state index in [9.17, 15) is 4.39 Å². The summed E-state index contributed by atoms with van der Waals surface area (Å²) in [6.07, 6.45) is 3.59. The number of benzene rings is 2. The van der Waals surface area contributed by atoms with Crippen molar-refractivity contribution in [3.63, 3.8) is 0 Å². The molecule has 1 heterocycles. The lowest BCUT2D eigenvalue weighted by Crippen LogP contribution is -2.19. The number of hydrogen-bond acceptors (Lipinski definition) is 6. The SMILES string of the molecule is CSNc1nccc(COc2ccc(C(C)(C)c3cc(F)c(OCCCl)c(Cl)c3)cc2)n1. The fraction of sp³-hybridized carbons (Fsp3) is 0.304. The van der Waals surface area contributed by atoms with Gasteiger partial charge in [-0.2, -0.15) is 0 Å². The summed E-state index contributed by atoms with van der Waals surface area (Å²) in [5, 5.41) is 0.221. The number of nitrogens with one attached hydrogen (secondary N) is 1. The van der Waals surface area contributed by atoms with Crippen LogP contribution < -0.4 is 14.2 Å². The lowest BCUT2D eigenvalue weighted by atomic mass is 9.78. The van der Waals surface area contributed by atoms with Crippen LogP contribution in [0.3, 0.4) is 0 Å². The summed E-state index contributed by atoms with van der Waals surface area (Å²) in [5.74, 6) is 1.02. The average Bonchev–Trinajstić information content (AvgIpc) is 2.78. The summed E-state index contributed by atoms with van der Waals surface area (Å²) in [6, 6.07) is 12.7. The van der Waals surface area contributed by atoms with Gasteiger partial charge in [-0.1, -0.05) is 49.5 Å². The van der Waals surface area contributed by atoms with E-state index in [2.05, 4.69) is 14.7 Å². The van der Waals surface area contributed by atoms with Gasteiger partial charge >= 0.3 is 0 Å². The molecule has 0 fully saturated rings. The smallest absolute Gasteiger partial charge is 0.233 e. The van der Waals surface area contributed by atoms with Crippen LogP contribution in [0.2, 0.25) is 5.02 Å². The van der Waals surface area contributed by atoms with Crippen LogP contribution in [0.5, 0.6) is 11.5 Å². The van der Waals surface area contributed by atoms with E-state index in [0.717, 1.165) is 16.8 Å². The first-order valence-electron chi connectivity index (χ1n) is 9.87. The van der Waals surface area contributed by atoms with E-state index in [-0.39, 0.29) is 23.3 Å². The highest BCUT2D eigenvalue weighted by Gasteiger charge is 2.26. The Morgan fingerprint density at radius 2 is 1.84 bits per heavy atom. The van der Waals surface area contributed by atoms with Crippen molar-refractivity contribution in [3.05, 3.63) is 76.3 Å². The summed E-state index contributed by atoms with van der Waals surface area (Å²) < 4.78 is 28.8. The van der Waals surface area contributed by atoms with Crippen LogP contribution in [0.25, 0.3) is 0 Å². The third kappa shape index (κ3) is 5.97. The molecule has 1 aromatic heterocycles. The fourth-order valence-corrected chi connectivity index (χ4v) is 3.73. The summed E-state index contributed by atoms with van der Waals surface area (Å²) in [7, 11) is 0. The highest BCUT2D eigenvalue weighted by atomic mass is 35.5. The number of halogens is 3. The van der Waals surface area contributed by atoms with E-state index in [0.29, 0.717) is 18.3 Å². The first-order chi connectivity index (χ1) is 15.3. The lowest BCUT2D eigenvalue weighted by molar-refractivity contribution is 0.301. The van der Waals surface area contributed by atoms with Gasteiger partial charge in [-0.25, -0.2) is 14.4 Å². The number of anilines is 1. The van der Waals surface area contributed by atoms with Gasteiger partial charge in [-0.05, 0) is 41.5 Å². The first kappa shape index (κ1) is 24.4. The molecule has 0 saturated heterocycles. The number of alkyl halides is 1. The maximum absolute atomic E-state index is 14.6. The molecule has 0 amide bonds. The van der Waals surface area contributed by atoms with E-state index in [1.807, 2.05) is 50.4 Å². The van der Waals surface area contributed by atoms with Crippen LogP contribution in [0, 0.1) is 5.82 Å². The average molecular weight is 496 g/mol. The van der Waals surface area contributed by atoms with Crippen molar-refractivity contribution < 1.29 is 13.9 Å². The predicted octanol–water partition coefficient (Wildman–Crippen LogP) is 6.48. The van der Waals surface area contributed by atoms with Crippen molar-refractivity contribution in [1.82, 2.24) is 9.97 Å². The number of ether oxygens (including phenoxy) is 2. The zero-order chi connectivity index (χ0) is 23.1. The van der Waals surface area contributed by atoms with E-state index in [1.165, 1.54) is 18.0 Å². The molecule has 0 radical (unpaired) electrons. The standard InChI is InChI=1S/C23H24Cl2FN3O2S/c1-23(2,16-12-19(25)21(20(26)13-16)30-11-9-24)15-4-6-18(7-5-15)31-14-17-8-10-27-22(28-17)29-32-3/h4-8,10,12-13H,9,11,14H2,1-3H3,(H,27,28,29). The summed E-state index contributed by atoms with van der Waals surface area (Å²) in [5.41, 5.74) is 2.01. The molecule has 0 unspecified atom stereocenters. The minimum absolute atomic E-state index is 0.0243. The van der Waals surface area contributed by atoms with Crippen molar-refractivity contribution >= 4 is 41.1 Å². The van der Waals surface area contributed by atoms with Gasteiger partial charge in [0.25, 0.3) is 0 Å². The minimum Gasteiger partial charge on any atom is -0.488 e. The number of aromatic nitrogens is 2. The van der Waals surface area contributed by atoms with Gasteiger partial charge in [0.05, 0.1) is 16.6 Å². The molecular weight excluding hydrogens is 472 g/mol. The second kappa shape index (κ2) is 11.1. The van der Waals surface area contributed by atoms with Crippen molar-refractivity contribution in [2.75, 3.05) is 23.5 Å². The predicted molar refractivity (Wildman–Crippen MR) is 130 cm³/mol. The Morgan fingerprint density at radius 3 is 2.50 bits per heavy atom. The molecule has 32 heavy (non-hydrogen) atoms. The Hall–Kier alpha value is -2.22. The van der Waals surface area contributed by atoms with Gasteiger partial charge in [0, 0.05) is 17.9 Å². The summed E-state index contributed by atoms with van der Waals surface area (Å²) in [6.45, 7) is 4.52. The zero-order valence-electron chi connectivity index (χ0n) is 18.0. The molecule has 9 heteroatoms. The Morgan fingerprint density at radius 1 is 1.09 bits per heavy atom. The molecule has 3 aromatic rings. The molecule has 0 aliphatic carbocycles. The molecule has 1 N–H and O–H groups in total. The van der Waals surface area contributed by atoms with Gasteiger partial charge < -0.3 is 9.47 Å². The van der Waals surface area contributed by atoms with Crippen molar-refractivity contribution in [2.24, 2.45) is 0 Å². The molecule has 5 nitrogen and oxygen atoms in total. The summed E-state index contributed by atoms with van der Waals surface area (Å²) in [4.78, 5) is 8.52. The lowest BCUT2D eigenvalue weighted by Gasteiger charge is -2.27. The Kier molecular flexibility index (Phi) is 8.45. The van der Waals surface area contributed by atoms with Crippen LogP contribution in [0.15, 0.2) is 48.7 Å². The zero-order valence-corrected chi connectivity index (χ0v) is 20.3. The van der Waals surface area contributed by atoms with Crippen LogP contribution in [-0.2, 0) is 12.0 Å². The molecular formula is C23H24Cl2FN3O2S. The molecule has 0 aliphatic heterocycles. The molecule has 3 rings (SSSR count). The molecule has 0 atom stereocenters. The molecule has 2 aromatic carbocycles. The first-order valence-corrected chi connectivity index (χ1v) is 12.0. The molecule has 170 valence electrons. The van der Waals surface area contributed by atoms with Gasteiger partial charge in [-0.15, -0.1) is 11.6 Å². The van der Waals surface area contributed by atoms with Gasteiger partial charge in [0.2, 0.25) is 5.95 Å². The molecule has 0 aliphatic rings. The van der Waals surface area contributed by atoms with Crippen LogP contribution >= 0.6 is 35.1 Å². The van der Waals surface area contributed by atoms with Crippen LogP contribution in [0.4, 0.5) is 10.3 Å². The monoisotopic (exact) mass is 495 g/mol. The van der Waals surface area contributed by atoms with E-state index in [1.54, 1.807) is 12.3 Å². The third-order valence-corrected chi connectivity index (χ3v) is 5.73. The van der Waals surface area contributed by atoms with E-state index < -0.39 is 11.2 Å². The van der Waals surface area contributed by atoms with Crippen molar-refractivity contribution in [1.29, 1.82) is 0 Å². The third-order valence-electron chi connectivity index (χ3n) is 4.91. The normalized spacial score (nSPS) is 11.3. The quantitative estimate of drug-likeness (QED) is 0.256. The summed E-state index contributed by atoms with van der Waals surface area (Å²) >= 11 is 13.3. The Balaban J connectivity index is 1.72. The number of nitrogens with zero attached hydrogens (tertiary/aromatic N) is 2. The largest absolute Gasteiger partial charge is 0.488 e. The fourth-order valence-electron chi connectivity index (χ4n) is 3.11. The van der Waals surface area contributed by atoms with Gasteiger partial charge in [0.1, 0.15) is 19.0 Å². The molecule has 0 saturated carbocycles. The van der Waals surface area contributed by atoms with Crippen LogP contribution in [0.1, 0.15) is 30.7 Å². The molecule has 0 spiro atoms. The van der Waals surface area contributed by atoms with Crippen molar-refractivity contribution in [3.8, 4) is 11.5 Å². The molecule has 0 bridgehead atoms. The Bertz CT molecular complexity index is 1030. The van der Waals surface area contributed by atoms with E-state index >= 15 is 0 Å². The highest BCUT2D eigenvalue weighted by molar-refractivity contribution is 7.99. The maximum atomic E-state index is 14.6. The minimum atomic E-state index is -0.508. The van der Waals surface area contributed by atoms with Gasteiger partial charge in [0.15, 0.2) is 11.6 Å². The van der Waals surface area contributed by atoms with Crippen molar-refractivity contribution in [2.45, 2.75) is 25.9 Å².